The third-order valence-corrected chi connectivity index (χ3v) is 4.75. The Morgan fingerprint density at radius 2 is 1.76 bits per heavy atom. The zero-order chi connectivity index (χ0) is 25.6. The van der Waals surface area contributed by atoms with E-state index in [2.05, 4.69) is 24.5 Å². The molecule has 4 amide bonds. The van der Waals surface area contributed by atoms with Crippen molar-refractivity contribution in [2.75, 3.05) is 26.2 Å². The second-order valence-electron chi connectivity index (χ2n) is 9.01. The number of aliphatic carboxylic acids is 1. The Bertz CT molecular complexity index is 680. The fourth-order valence-electron chi connectivity index (χ4n) is 2.87. The van der Waals surface area contributed by atoms with E-state index in [0.29, 0.717) is 25.4 Å². The molecule has 33 heavy (non-hydrogen) atoms. The van der Waals surface area contributed by atoms with E-state index < -0.39 is 47.7 Å². The number of hydrogen-bond acceptors (Lipinski definition) is 6. The summed E-state index contributed by atoms with van der Waals surface area (Å²) >= 11 is 0. The maximum absolute atomic E-state index is 12.9. The predicted octanol–water partition coefficient (Wildman–Crippen LogP) is 0.408. The van der Waals surface area contributed by atoms with Crippen molar-refractivity contribution in [3.05, 3.63) is 0 Å². The van der Waals surface area contributed by atoms with Crippen LogP contribution in [0.3, 0.4) is 0 Å². The molecule has 0 spiro atoms. The third-order valence-electron chi connectivity index (χ3n) is 4.75. The molecule has 0 aliphatic carbocycles. The lowest BCUT2D eigenvalue weighted by Crippen LogP contribution is -2.52. The van der Waals surface area contributed by atoms with Gasteiger partial charge in [0.05, 0.1) is 25.1 Å². The number of carboxylic acid groups (broad SMARTS) is 1. The Morgan fingerprint density at radius 3 is 2.27 bits per heavy atom. The smallest absolute Gasteiger partial charge is 0.305 e. The van der Waals surface area contributed by atoms with Gasteiger partial charge < -0.3 is 31.1 Å². The van der Waals surface area contributed by atoms with Crippen LogP contribution in [-0.2, 0) is 28.7 Å². The van der Waals surface area contributed by atoms with E-state index in [-0.39, 0.29) is 26.1 Å². The van der Waals surface area contributed by atoms with Gasteiger partial charge in [0.15, 0.2) is 0 Å². The fourth-order valence-corrected chi connectivity index (χ4v) is 2.87. The molecule has 0 saturated carbocycles. The van der Waals surface area contributed by atoms with Crippen molar-refractivity contribution < 1.29 is 33.8 Å². The quantitative estimate of drug-likeness (QED) is 0.238. The van der Waals surface area contributed by atoms with Gasteiger partial charge in [0.2, 0.25) is 23.6 Å². The van der Waals surface area contributed by atoms with Crippen molar-refractivity contribution in [2.24, 2.45) is 11.7 Å². The number of ether oxygens (including phenoxy) is 1. The first kappa shape index (κ1) is 30.3. The molecule has 0 fully saturated rings. The van der Waals surface area contributed by atoms with Crippen LogP contribution in [0.5, 0.6) is 0 Å². The molecule has 11 heteroatoms. The number of carbonyl (C=O) groups is 5. The number of carboxylic acids is 1. The first-order chi connectivity index (χ1) is 15.3. The number of rotatable bonds is 17. The highest BCUT2D eigenvalue weighted by Crippen LogP contribution is 2.18. The summed E-state index contributed by atoms with van der Waals surface area (Å²) in [6.07, 6.45) is 1.21. The van der Waals surface area contributed by atoms with Crippen molar-refractivity contribution in [3.8, 4) is 0 Å². The van der Waals surface area contributed by atoms with Crippen LogP contribution in [0.15, 0.2) is 0 Å². The van der Waals surface area contributed by atoms with E-state index in [1.54, 1.807) is 6.92 Å². The molecule has 0 aromatic rings. The van der Waals surface area contributed by atoms with E-state index >= 15 is 0 Å². The summed E-state index contributed by atoms with van der Waals surface area (Å²) in [5, 5.41) is 14.0. The van der Waals surface area contributed by atoms with E-state index in [0.717, 1.165) is 11.3 Å². The van der Waals surface area contributed by atoms with Crippen molar-refractivity contribution >= 4 is 29.6 Å². The molecule has 0 unspecified atom stereocenters. The second kappa shape index (κ2) is 15.2. The normalized spacial score (nSPS) is 12.2. The molecule has 0 aliphatic rings. The van der Waals surface area contributed by atoms with Crippen LogP contribution in [-0.4, -0.2) is 77.5 Å². The molecule has 190 valence electrons. The lowest BCUT2D eigenvalue weighted by Gasteiger charge is -2.28. The molecule has 0 bridgehead atoms. The van der Waals surface area contributed by atoms with Gasteiger partial charge in [-0.1, -0.05) is 20.8 Å². The van der Waals surface area contributed by atoms with E-state index in [1.165, 1.54) is 0 Å². The van der Waals surface area contributed by atoms with E-state index in [4.69, 9.17) is 10.5 Å². The SMILES string of the molecule is CCCN(CC(=O)NCC(N)=O)C(=O)[C@H](CC(=O)O)NC(=O)CCC(C)(C)OCCC(C)C. The van der Waals surface area contributed by atoms with Gasteiger partial charge >= 0.3 is 5.97 Å². The van der Waals surface area contributed by atoms with E-state index in [1.807, 2.05) is 13.8 Å². The number of nitrogens with zero attached hydrogens (tertiary/aromatic N) is 1. The lowest BCUT2D eigenvalue weighted by atomic mass is 10.0. The van der Waals surface area contributed by atoms with E-state index in [9.17, 15) is 29.1 Å². The van der Waals surface area contributed by atoms with Gasteiger partial charge in [-0.25, -0.2) is 0 Å². The molecule has 0 aliphatic heterocycles. The monoisotopic (exact) mass is 472 g/mol. The van der Waals surface area contributed by atoms with Crippen LogP contribution in [0.2, 0.25) is 0 Å². The molecule has 0 radical (unpaired) electrons. The zero-order valence-corrected chi connectivity index (χ0v) is 20.4. The molecule has 0 rings (SSSR count). The molecule has 0 aromatic heterocycles. The summed E-state index contributed by atoms with van der Waals surface area (Å²) in [7, 11) is 0. The molecule has 5 N–H and O–H groups in total. The minimum Gasteiger partial charge on any atom is -0.481 e. The Morgan fingerprint density at radius 1 is 1.12 bits per heavy atom. The van der Waals surface area contributed by atoms with Crippen LogP contribution in [0.1, 0.15) is 66.7 Å². The highest BCUT2D eigenvalue weighted by atomic mass is 16.5. The number of carbonyl (C=O) groups excluding carboxylic acids is 4. The Hall–Kier alpha value is -2.69. The largest absolute Gasteiger partial charge is 0.481 e. The first-order valence-corrected chi connectivity index (χ1v) is 11.3. The number of primary amides is 1. The number of nitrogens with one attached hydrogen (secondary N) is 2. The topological polar surface area (TPSA) is 168 Å². The second-order valence-corrected chi connectivity index (χ2v) is 9.01. The summed E-state index contributed by atoms with van der Waals surface area (Å²) in [6, 6.07) is -1.32. The van der Waals surface area contributed by atoms with Crippen LogP contribution >= 0.6 is 0 Å². The zero-order valence-electron chi connectivity index (χ0n) is 20.4. The number of hydrogen-bond donors (Lipinski definition) is 4. The van der Waals surface area contributed by atoms with Crippen LogP contribution in [0.25, 0.3) is 0 Å². The average Bonchev–Trinajstić information content (AvgIpc) is 2.68. The highest BCUT2D eigenvalue weighted by molar-refractivity contribution is 5.93. The Balaban J connectivity index is 5.07. The van der Waals surface area contributed by atoms with Gasteiger partial charge in [0.1, 0.15) is 6.04 Å². The summed E-state index contributed by atoms with van der Waals surface area (Å²) in [5.41, 5.74) is 4.44. The standard InChI is InChI=1S/C22H40N4O7/c1-6-10-26(14-19(29)24-13-17(23)27)21(32)16(12-20(30)31)25-18(28)7-9-22(4,5)33-11-8-15(2)3/h15-16H,6-14H2,1-5H3,(H2,23,27)(H,24,29)(H,25,28)(H,30,31)/t16-/m0/s1. The van der Waals surface area contributed by atoms with Crippen molar-refractivity contribution in [2.45, 2.75) is 78.4 Å². The Kier molecular flexibility index (Phi) is 14.0. The van der Waals surface area contributed by atoms with Crippen LogP contribution in [0, 0.1) is 5.92 Å². The maximum atomic E-state index is 12.9. The fraction of sp³-hybridized carbons (Fsp3) is 0.773. The van der Waals surface area contributed by atoms with Gasteiger partial charge in [-0.3, -0.25) is 24.0 Å². The van der Waals surface area contributed by atoms with Gasteiger partial charge in [0, 0.05) is 19.6 Å². The van der Waals surface area contributed by atoms with Crippen LogP contribution in [0.4, 0.5) is 0 Å². The van der Waals surface area contributed by atoms with Crippen molar-refractivity contribution in [1.82, 2.24) is 15.5 Å². The van der Waals surface area contributed by atoms with Crippen LogP contribution < -0.4 is 16.4 Å². The Labute approximate surface area is 195 Å². The molecule has 1 atom stereocenters. The molecule has 0 saturated heterocycles. The number of amides is 4. The lowest BCUT2D eigenvalue weighted by molar-refractivity contribution is -0.145. The maximum Gasteiger partial charge on any atom is 0.305 e. The molecule has 0 heterocycles. The van der Waals surface area contributed by atoms with Gasteiger partial charge in [-0.15, -0.1) is 0 Å². The van der Waals surface area contributed by atoms with Gasteiger partial charge in [-0.05, 0) is 39.0 Å². The molecular weight excluding hydrogens is 432 g/mol. The minimum absolute atomic E-state index is 0.0466. The first-order valence-electron chi connectivity index (χ1n) is 11.3. The summed E-state index contributed by atoms with van der Waals surface area (Å²) < 4.78 is 5.83. The van der Waals surface area contributed by atoms with Crippen molar-refractivity contribution in [3.63, 3.8) is 0 Å². The summed E-state index contributed by atoms with van der Waals surface area (Å²) in [5.74, 6) is -3.28. The molecule has 0 aromatic carbocycles. The third kappa shape index (κ3) is 14.9. The molecular formula is C22H40N4O7. The number of nitrogens with two attached hydrogens (primary N) is 1. The summed E-state index contributed by atoms with van der Waals surface area (Å²) in [6.45, 7) is 9.68. The summed E-state index contributed by atoms with van der Waals surface area (Å²) in [4.78, 5) is 60.7. The molecule has 11 nitrogen and oxygen atoms in total. The average molecular weight is 473 g/mol. The van der Waals surface area contributed by atoms with Gasteiger partial charge in [-0.2, -0.15) is 0 Å². The predicted molar refractivity (Wildman–Crippen MR) is 122 cm³/mol. The van der Waals surface area contributed by atoms with Crippen molar-refractivity contribution in [1.29, 1.82) is 0 Å². The highest BCUT2D eigenvalue weighted by Gasteiger charge is 2.30. The van der Waals surface area contributed by atoms with Gasteiger partial charge in [0.25, 0.3) is 0 Å². The minimum atomic E-state index is -1.32.